The van der Waals surface area contributed by atoms with Crippen LogP contribution in [0, 0.1) is 6.92 Å². The summed E-state index contributed by atoms with van der Waals surface area (Å²) in [5, 5.41) is 3.39. The number of hydrogen-bond acceptors (Lipinski definition) is 4. The standard InChI is InChI=1S/C21H24N4/c1-16(2)25(14-18-10-5-4-6-11-18)21-13-20(22-15-23-21)24-19-12-8-7-9-17(19)3/h4-13,15-16H,14H2,1-3H3,(H,22,23,24). The molecule has 0 radical (unpaired) electrons. The van der Waals surface area contributed by atoms with Gasteiger partial charge >= 0.3 is 0 Å². The van der Waals surface area contributed by atoms with Crippen molar-refractivity contribution >= 4 is 17.3 Å². The van der Waals surface area contributed by atoms with Gasteiger partial charge in [-0.2, -0.15) is 0 Å². The molecule has 1 N–H and O–H groups in total. The van der Waals surface area contributed by atoms with E-state index in [4.69, 9.17) is 0 Å². The summed E-state index contributed by atoms with van der Waals surface area (Å²) in [6.45, 7) is 7.26. The SMILES string of the molecule is Cc1ccccc1Nc1cc(N(Cc2ccccc2)C(C)C)ncn1. The lowest BCUT2D eigenvalue weighted by atomic mass is 10.2. The molecule has 0 spiro atoms. The fraction of sp³-hybridized carbons (Fsp3) is 0.238. The predicted octanol–water partition coefficient (Wildman–Crippen LogP) is 4.94. The molecule has 4 heteroatoms. The number of nitrogens with one attached hydrogen (secondary N) is 1. The van der Waals surface area contributed by atoms with Crippen LogP contribution < -0.4 is 10.2 Å². The first kappa shape index (κ1) is 17.0. The minimum atomic E-state index is 0.335. The first-order valence-corrected chi connectivity index (χ1v) is 8.59. The Morgan fingerprint density at radius 3 is 2.40 bits per heavy atom. The van der Waals surface area contributed by atoms with Crippen LogP contribution in [-0.2, 0) is 6.54 Å². The number of rotatable bonds is 6. The summed E-state index contributed by atoms with van der Waals surface area (Å²) in [7, 11) is 0. The normalized spacial score (nSPS) is 10.7. The summed E-state index contributed by atoms with van der Waals surface area (Å²) < 4.78 is 0. The Morgan fingerprint density at radius 1 is 0.960 bits per heavy atom. The van der Waals surface area contributed by atoms with Crippen molar-refractivity contribution in [1.82, 2.24) is 9.97 Å². The van der Waals surface area contributed by atoms with Crippen LogP contribution >= 0.6 is 0 Å². The van der Waals surface area contributed by atoms with Crippen LogP contribution in [0.25, 0.3) is 0 Å². The molecule has 128 valence electrons. The average molecular weight is 332 g/mol. The van der Waals surface area contributed by atoms with Crippen LogP contribution in [0.3, 0.4) is 0 Å². The van der Waals surface area contributed by atoms with Crippen LogP contribution in [0.15, 0.2) is 67.0 Å². The highest BCUT2D eigenvalue weighted by atomic mass is 15.2. The number of hydrogen-bond donors (Lipinski definition) is 1. The molecular weight excluding hydrogens is 308 g/mol. The van der Waals surface area contributed by atoms with Crippen molar-refractivity contribution in [3.05, 3.63) is 78.1 Å². The van der Waals surface area contributed by atoms with Gasteiger partial charge < -0.3 is 10.2 Å². The minimum Gasteiger partial charge on any atom is -0.350 e. The summed E-state index contributed by atoms with van der Waals surface area (Å²) in [5.74, 6) is 1.72. The van der Waals surface area contributed by atoms with Gasteiger partial charge in [-0.25, -0.2) is 9.97 Å². The monoisotopic (exact) mass is 332 g/mol. The molecule has 1 heterocycles. The highest BCUT2D eigenvalue weighted by Crippen LogP contribution is 2.23. The predicted molar refractivity (Wildman–Crippen MR) is 104 cm³/mol. The second-order valence-electron chi connectivity index (χ2n) is 6.41. The molecule has 0 unspecified atom stereocenters. The van der Waals surface area contributed by atoms with Crippen molar-refractivity contribution in [2.24, 2.45) is 0 Å². The van der Waals surface area contributed by atoms with Crippen LogP contribution in [0.5, 0.6) is 0 Å². The van der Waals surface area contributed by atoms with Gasteiger partial charge in [-0.15, -0.1) is 0 Å². The highest BCUT2D eigenvalue weighted by Gasteiger charge is 2.13. The topological polar surface area (TPSA) is 41.0 Å². The summed E-state index contributed by atoms with van der Waals surface area (Å²) in [5.41, 5.74) is 3.52. The summed E-state index contributed by atoms with van der Waals surface area (Å²) in [6, 6.07) is 21.0. The molecule has 4 nitrogen and oxygen atoms in total. The zero-order chi connectivity index (χ0) is 17.6. The van der Waals surface area contributed by atoms with Crippen LogP contribution in [0.2, 0.25) is 0 Å². The molecule has 1 aromatic heterocycles. The number of aryl methyl sites for hydroxylation is 1. The summed E-state index contributed by atoms with van der Waals surface area (Å²) >= 11 is 0. The third-order valence-electron chi connectivity index (χ3n) is 4.17. The molecule has 3 rings (SSSR count). The zero-order valence-corrected chi connectivity index (χ0v) is 15.0. The number of benzene rings is 2. The highest BCUT2D eigenvalue weighted by molar-refractivity contribution is 5.62. The molecule has 0 bridgehead atoms. The molecule has 0 atom stereocenters. The molecule has 0 aliphatic rings. The Hall–Kier alpha value is -2.88. The van der Waals surface area contributed by atoms with E-state index >= 15 is 0 Å². The molecule has 0 amide bonds. The Morgan fingerprint density at radius 2 is 1.68 bits per heavy atom. The van der Waals surface area contributed by atoms with E-state index in [-0.39, 0.29) is 0 Å². The van der Waals surface area contributed by atoms with Crippen molar-refractivity contribution in [3.8, 4) is 0 Å². The first-order valence-electron chi connectivity index (χ1n) is 8.59. The van der Waals surface area contributed by atoms with Crippen LogP contribution in [0.1, 0.15) is 25.0 Å². The van der Waals surface area contributed by atoms with E-state index < -0.39 is 0 Å². The van der Waals surface area contributed by atoms with E-state index in [0.717, 1.165) is 23.9 Å². The van der Waals surface area contributed by atoms with Crippen LogP contribution in [-0.4, -0.2) is 16.0 Å². The van der Waals surface area contributed by atoms with E-state index in [1.807, 2.05) is 24.3 Å². The lowest BCUT2D eigenvalue weighted by Gasteiger charge is -2.28. The molecule has 0 aliphatic heterocycles. The van der Waals surface area contributed by atoms with E-state index in [0.29, 0.717) is 6.04 Å². The van der Waals surface area contributed by atoms with Gasteiger partial charge in [-0.3, -0.25) is 0 Å². The molecule has 0 aliphatic carbocycles. The number of anilines is 3. The van der Waals surface area contributed by atoms with Gasteiger partial charge in [0.1, 0.15) is 18.0 Å². The average Bonchev–Trinajstić information content (AvgIpc) is 2.62. The molecule has 0 fully saturated rings. The summed E-state index contributed by atoms with van der Waals surface area (Å²) in [4.78, 5) is 11.1. The Balaban J connectivity index is 1.84. The largest absolute Gasteiger partial charge is 0.350 e. The molecule has 2 aromatic carbocycles. The third-order valence-corrected chi connectivity index (χ3v) is 4.17. The number of aromatic nitrogens is 2. The lowest BCUT2D eigenvalue weighted by molar-refractivity contribution is 0.671. The van der Waals surface area contributed by atoms with Crippen molar-refractivity contribution in [3.63, 3.8) is 0 Å². The molecule has 0 saturated heterocycles. The van der Waals surface area contributed by atoms with Gasteiger partial charge in [0.05, 0.1) is 0 Å². The van der Waals surface area contributed by atoms with Gasteiger partial charge in [-0.1, -0.05) is 48.5 Å². The van der Waals surface area contributed by atoms with Crippen molar-refractivity contribution in [2.75, 3.05) is 10.2 Å². The maximum absolute atomic E-state index is 4.50. The fourth-order valence-electron chi connectivity index (χ4n) is 2.73. The Labute approximate surface area is 149 Å². The molecule has 0 saturated carbocycles. The van der Waals surface area contributed by atoms with E-state index in [1.54, 1.807) is 6.33 Å². The van der Waals surface area contributed by atoms with Gasteiger partial charge in [0.25, 0.3) is 0 Å². The van der Waals surface area contributed by atoms with Gasteiger partial charge in [0.15, 0.2) is 0 Å². The van der Waals surface area contributed by atoms with E-state index in [1.165, 1.54) is 11.1 Å². The van der Waals surface area contributed by atoms with Gasteiger partial charge in [0, 0.05) is 24.3 Å². The van der Waals surface area contributed by atoms with Crippen molar-refractivity contribution < 1.29 is 0 Å². The van der Waals surface area contributed by atoms with Gasteiger partial charge in [0.2, 0.25) is 0 Å². The number of nitrogens with zero attached hydrogens (tertiary/aromatic N) is 3. The summed E-state index contributed by atoms with van der Waals surface area (Å²) in [6.07, 6.45) is 1.62. The van der Waals surface area contributed by atoms with E-state index in [2.05, 4.69) is 77.4 Å². The maximum atomic E-state index is 4.50. The first-order chi connectivity index (χ1) is 12.1. The zero-order valence-electron chi connectivity index (χ0n) is 15.0. The lowest BCUT2D eigenvalue weighted by Crippen LogP contribution is -2.31. The van der Waals surface area contributed by atoms with Crippen molar-refractivity contribution in [2.45, 2.75) is 33.4 Å². The molecular formula is C21H24N4. The number of para-hydroxylation sites is 1. The third kappa shape index (κ3) is 4.35. The quantitative estimate of drug-likeness (QED) is 0.694. The second-order valence-corrected chi connectivity index (χ2v) is 6.41. The molecule has 3 aromatic rings. The molecule has 25 heavy (non-hydrogen) atoms. The van der Waals surface area contributed by atoms with Gasteiger partial charge in [-0.05, 0) is 38.0 Å². The van der Waals surface area contributed by atoms with Crippen molar-refractivity contribution in [1.29, 1.82) is 0 Å². The fourth-order valence-corrected chi connectivity index (χ4v) is 2.73. The van der Waals surface area contributed by atoms with Crippen LogP contribution in [0.4, 0.5) is 17.3 Å². The smallest absolute Gasteiger partial charge is 0.135 e. The minimum absolute atomic E-state index is 0.335. The maximum Gasteiger partial charge on any atom is 0.135 e. The second kappa shape index (κ2) is 7.79. The van der Waals surface area contributed by atoms with E-state index in [9.17, 15) is 0 Å². The Kier molecular flexibility index (Phi) is 5.29. The Bertz CT molecular complexity index is 815.